The molecule has 0 aliphatic rings. The monoisotopic (exact) mass is 275 g/mol. The first-order chi connectivity index (χ1) is 9.66. The molecule has 0 aliphatic heterocycles. The van der Waals surface area contributed by atoms with Gasteiger partial charge in [0.2, 0.25) is 0 Å². The number of carbonyl (C=O) groups is 1. The molecule has 6 nitrogen and oxygen atoms in total. The van der Waals surface area contributed by atoms with Crippen molar-refractivity contribution < 1.29 is 24.7 Å². The molecule has 104 valence electrons. The van der Waals surface area contributed by atoms with Crippen molar-refractivity contribution in [1.82, 2.24) is 0 Å². The molecular formula is C14H13NO5. The van der Waals surface area contributed by atoms with Crippen LogP contribution in [0.3, 0.4) is 0 Å². The zero-order valence-electron chi connectivity index (χ0n) is 10.5. The number of hydrogen-bond acceptors (Lipinski definition) is 6. The lowest BCUT2D eigenvalue weighted by molar-refractivity contribution is 0.0273. The Labute approximate surface area is 115 Å². The third kappa shape index (κ3) is 3.71. The Morgan fingerprint density at radius 1 is 1.00 bits per heavy atom. The smallest absolute Gasteiger partial charge is 0.429 e. The highest BCUT2D eigenvalue weighted by molar-refractivity contribution is 5.64. The molecule has 2 aromatic carbocycles. The van der Waals surface area contributed by atoms with Crippen molar-refractivity contribution in [1.29, 1.82) is 0 Å². The van der Waals surface area contributed by atoms with Crippen molar-refractivity contribution in [2.75, 3.05) is 5.23 Å². The average Bonchev–Trinajstić information content (AvgIpc) is 2.46. The summed E-state index contributed by atoms with van der Waals surface area (Å²) >= 11 is 0. The summed E-state index contributed by atoms with van der Waals surface area (Å²) in [5.41, 5.74) is 0.558. The molecule has 0 bridgehead atoms. The van der Waals surface area contributed by atoms with Gasteiger partial charge in [-0.15, -0.1) is 5.23 Å². The van der Waals surface area contributed by atoms with Crippen molar-refractivity contribution in [3.8, 4) is 5.75 Å². The molecule has 0 saturated heterocycles. The van der Waals surface area contributed by atoms with E-state index in [-0.39, 0.29) is 17.5 Å². The Morgan fingerprint density at radius 3 is 2.35 bits per heavy atom. The van der Waals surface area contributed by atoms with E-state index in [1.807, 2.05) is 0 Å². The number of nitrogens with zero attached hydrogens (tertiary/aromatic N) is 1. The number of para-hydroxylation sites is 2. The van der Waals surface area contributed by atoms with E-state index in [1.165, 1.54) is 6.07 Å². The Balaban J connectivity index is 1.94. The van der Waals surface area contributed by atoms with Crippen LogP contribution < -0.4 is 9.96 Å². The van der Waals surface area contributed by atoms with E-state index in [0.29, 0.717) is 11.3 Å². The molecule has 0 amide bonds. The van der Waals surface area contributed by atoms with Crippen LogP contribution in [-0.2, 0) is 11.3 Å². The molecule has 2 aromatic rings. The lowest BCUT2D eigenvalue weighted by Crippen LogP contribution is -2.15. The Kier molecular flexibility index (Phi) is 4.54. The number of ether oxygens (including phenoxy) is 2. The second kappa shape index (κ2) is 6.55. The van der Waals surface area contributed by atoms with Gasteiger partial charge < -0.3 is 9.47 Å². The molecule has 0 saturated carbocycles. The summed E-state index contributed by atoms with van der Waals surface area (Å²) in [5.74, 6) is 0.372. The van der Waals surface area contributed by atoms with Gasteiger partial charge in [-0.2, -0.15) is 0 Å². The molecule has 0 aromatic heterocycles. The highest BCUT2D eigenvalue weighted by Crippen LogP contribution is 2.19. The molecule has 0 radical (unpaired) electrons. The van der Waals surface area contributed by atoms with Gasteiger partial charge in [-0.25, -0.2) is 4.79 Å². The van der Waals surface area contributed by atoms with Crippen LogP contribution in [0.15, 0.2) is 54.6 Å². The van der Waals surface area contributed by atoms with Crippen LogP contribution in [0.4, 0.5) is 10.5 Å². The molecule has 0 spiro atoms. The Hall–Kier alpha value is -2.57. The summed E-state index contributed by atoms with van der Waals surface area (Å²) in [6, 6.07) is 14.9. The molecule has 2 rings (SSSR count). The van der Waals surface area contributed by atoms with Gasteiger partial charge in [0.25, 0.3) is 0 Å². The first kappa shape index (κ1) is 13.9. The normalized spacial score (nSPS) is 9.90. The maximum absolute atomic E-state index is 11.5. The molecule has 0 aliphatic carbocycles. The Bertz CT molecular complexity index is 571. The van der Waals surface area contributed by atoms with Gasteiger partial charge in [-0.05, 0) is 18.2 Å². The van der Waals surface area contributed by atoms with Crippen molar-refractivity contribution in [2.24, 2.45) is 0 Å². The van der Waals surface area contributed by atoms with Crippen molar-refractivity contribution in [3.63, 3.8) is 0 Å². The number of anilines is 1. The predicted molar refractivity (Wildman–Crippen MR) is 69.7 cm³/mol. The van der Waals surface area contributed by atoms with E-state index < -0.39 is 6.16 Å². The van der Waals surface area contributed by atoms with Gasteiger partial charge in [-0.1, -0.05) is 36.4 Å². The standard InChI is InChI=1S/C14H13NO5/c16-14(20-12-7-2-1-3-8-12)19-10-11-6-4-5-9-13(11)15(17)18/h1-9,17-18H,10H2. The van der Waals surface area contributed by atoms with E-state index in [2.05, 4.69) is 0 Å². The van der Waals surface area contributed by atoms with Crippen molar-refractivity contribution in [3.05, 3.63) is 60.2 Å². The number of rotatable bonds is 4. The summed E-state index contributed by atoms with van der Waals surface area (Å²) in [6.07, 6.45) is -0.867. The van der Waals surface area contributed by atoms with Gasteiger partial charge in [0.05, 0.1) is 0 Å². The zero-order chi connectivity index (χ0) is 14.4. The molecule has 6 heteroatoms. The topological polar surface area (TPSA) is 79.2 Å². The minimum atomic E-state index is -0.867. The molecule has 0 heterocycles. The fraction of sp³-hybridized carbons (Fsp3) is 0.0714. The van der Waals surface area contributed by atoms with Crippen LogP contribution in [-0.4, -0.2) is 16.6 Å². The second-order valence-corrected chi connectivity index (χ2v) is 3.87. The summed E-state index contributed by atoms with van der Waals surface area (Å²) in [4.78, 5) is 11.5. The summed E-state index contributed by atoms with van der Waals surface area (Å²) in [7, 11) is 0. The van der Waals surface area contributed by atoms with E-state index in [9.17, 15) is 4.79 Å². The van der Waals surface area contributed by atoms with Crippen LogP contribution in [0, 0.1) is 0 Å². The van der Waals surface area contributed by atoms with Crippen LogP contribution in [0.25, 0.3) is 0 Å². The molecule has 0 unspecified atom stereocenters. The minimum absolute atomic E-state index is 0.0266. The SMILES string of the molecule is O=C(OCc1ccccc1N(O)O)Oc1ccccc1. The van der Waals surface area contributed by atoms with Crippen molar-refractivity contribution in [2.45, 2.75) is 6.61 Å². The third-order valence-electron chi connectivity index (χ3n) is 2.50. The van der Waals surface area contributed by atoms with Gasteiger partial charge >= 0.3 is 6.16 Å². The largest absolute Gasteiger partial charge is 0.514 e. The summed E-state index contributed by atoms with van der Waals surface area (Å²) < 4.78 is 9.85. The summed E-state index contributed by atoms with van der Waals surface area (Å²) in [5, 5.41) is 18.0. The highest BCUT2D eigenvalue weighted by Gasteiger charge is 2.10. The van der Waals surface area contributed by atoms with Gasteiger partial charge in [-0.3, -0.25) is 10.4 Å². The minimum Gasteiger partial charge on any atom is -0.429 e. The molecule has 0 atom stereocenters. The Morgan fingerprint density at radius 2 is 1.65 bits per heavy atom. The highest BCUT2D eigenvalue weighted by atomic mass is 16.8. The predicted octanol–water partition coefficient (Wildman–Crippen LogP) is 2.99. The molecule has 0 fully saturated rings. The van der Waals surface area contributed by atoms with E-state index in [1.54, 1.807) is 48.5 Å². The molecule has 20 heavy (non-hydrogen) atoms. The van der Waals surface area contributed by atoms with Crippen LogP contribution in [0.2, 0.25) is 0 Å². The van der Waals surface area contributed by atoms with E-state index in [4.69, 9.17) is 19.9 Å². The average molecular weight is 275 g/mol. The maximum atomic E-state index is 11.5. The lowest BCUT2D eigenvalue weighted by atomic mass is 10.2. The first-order valence-corrected chi connectivity index (χ1v) is 5.82. The number of benzene rings is 2. The molecular weight excluding hydrogens is 262 g/mol. The fourth-order valence-corrected chi connectivity index (χ4v) is 1.58. The van der Waals surface area contributed by atoms with Crippen LogP contribution in [0.1, 0.15) is 5.56 Å². The van der Waals surface area contributed by atoms with Gasteiger partial charge in [0, 0.05) is 5.56 Å². The number of hydrogen-bond donors (Lipinski definition) is 2. The van der Waals surface area contributed by atoms with E-state index >= 15 is 0 Å². The van der Waals surface area contributed by atoms with Gasteiger partial charge in [0.15, 0.2) is 0 Å². The van der Waals surface area contributed by atoms with Crippen LogP contribution >= 0.6 is 0 Å². The number of carbonyl (C=O) groups excluding carboxylic acids is 1. The quantitative estimate of drug-likeness (QED) is 0.507. The first-order valence-electron chi connectivity index (χ1n) is 5.82. The zero-order valence-corrected chi connectivity index (χ0v) is 10.5. The molecule has 2 N–H and O–H groups in total. The fourth-order valence-electron chi connectivity index (χ4n) is 1.58. The lowest BCUT2D eigenvalue weighted by Gasteiger charge is -2.13. The van der Waals surface area contributed by atoms with Crippen molar-refractivity contribution >= 4 is 11.8 Å². The third-order valence-corrected chi connectivity index (χ3v) is 2.50. The summed E-state index contributed by atoms with van der Waals surface area (Å²) in [6.45, 7) is -0.139. The van der Waals surface area contributed by atoms with E-state index in [0.717, 1.165) is 0 Å². The second-order valence-electron chi connectivity index (χ2n) is 3.87. The maximum Gasteiger partial charge on any atom is 0.514 e. The van der Waals surface area contributed by atoms with Crippen LogP contribution in [0.5, 0.6) is 5.75 Å². The van der Waals surface area contributed by atoms with Gasteiger partial charge in [0.1, 0.15) is 18.0 Å².